The SMILES string of the molecule is CC1(C)N=C(C2=[C-]C(F)(F)CC2(F)F)OC1(C)C.[Ir]. The van der Waals surface area contributed by atoms with Gasteiger partial charge in [-0.3, -0.25) is 0 Å². The number of halogens is 4. The molecule has 0 N–H and O–H groups in total. The molecule has 0 saturated heterocycles. The van der Waals surface area contributed by atoms with Gasteiger partial charge in [-0.2, -0.15) is 6.08 Å². The average Bonchev–Trinajstić information content (AvgIpc) is 2.42. The van der Waals surface area contributed by atoms with Crippen molar-refractivity contribution in [3.8, 4) is 0 Å². The number of allylic oxidation sites excluding steroid dienone is 1. The molecule has 1 radical (unpaired) electrons. The zero-order chi connectivity index (χ0) is 14.0. The van der Waals surface area contributed by atoms with E-state index in [4.69, 9.17) is 4.74 Å². The Bertz CT molecular complexity index is 455. The van der Waals surface area contributed by atoms with Crippen LogP contribution in [0.15, 0.2) is 10.6 Å². The van der Waals surface area contributed by atoms with Crippen LogP contribution < -0.4 is 0 Å². The summed E-state index contributed by atoms with van der Waals surface area (Å²) in [5, 5.41) is 0. The molecule has 0 aromatic carbocycles. The average molecular weight is 456 g/mol. The van der Waals surface area contributed by atoms with Crippen molar-refractivity contribution in [2.75, 3.05) is 0 Å². The van der Waals surface area contributed by atoms with Crippen LogP contribution in [0.25, 0.3) is 0 Å². The third-order valence-electron chi connectivity index (χ3n) is 3.54. The number of alkyl halides is 4. The molecule has 2 rings (SSSR count). The second kappa shape index (κ2) is 4.29. The second-order valence-corrected chi connectivity index (χ2v) is 5.67. The summed E-state index contributed by atoms with van der Waals surface area (Å²) in [6.45, 7) is 6.75. The van der Waals surface area contributed by atoms with Crippen LogP contribution in [-0.2, 0) is 24.8 Å². The molecule has 0 unspecified atom stereocenters. The van der Waals surface area contributed by atoms with Crippen LogP contribution >= 0.6 is 0 Å². The van der Waals surface area contributed by atoms with E-state index in [-0.39, 0.29) is 20.1 Å². The molecule has 111 valence electrons. The maximum Gasteiger partial charge on any atom is 0.250 e. The minimum atomic E-state index is -3.65. The van der Waals surface area contributed by atoms with E-state index in [1.165, 1.54) is 6.08 Å². The third-order valence-corrected chi connectivity index (χ3v) is 3.54. The van der Waals surface area contributed by atoms with E-state index in [1.54, 1.807) is 27.7 Å². The first-order chi connectivity index (χ1) is 7.86. The summed E-state index contributed by atoms with van der Waals surface area (Å²) < 4.78 is 58.4. The monoisotopic (exact) mass is 457 g/mol. The summed E-state index contributed by atoms with van der Waals surface area (Å²) in [6.07, 6.45) is -0.0554. The van der Waals surface area contributed by atoms with Crippen LogP contribution in [-0.4, -0.2) is 28.9 Å². The van der Waals surface area contributed by atoms with Crippen molar-refractivity contribution in [2.45, 2.75) is 57.1 Å². The van der Waals surface area contributed by atoms with Crippen LogP contribution in [0.4, 0.5) is 17.6 Å². The largest absolute Gasteiger partial charge is 0.555 e. The first kappa shape index (κ1) is 16.6. The van der Waals surface area contributed by atoms with Crippen molar-refractivity contribution in [1.29, 1.82) is 0 Å². The Morgan fingerprint density at radius 1 is 1.11 bits per heavy atom. The summed E-state index contributed by atoms with van der Waals surface area (Å²) in [7, 11) is 0. The molecule has 1 aliphatic carbocycles. The Morgan fingerprint density at radius 2 is 1.63 bits per heavy atom. The fraction of sp³-hybridized carbons (Fsp3) is 0.750. The molecule has 0 aromatic heterocycles. The number of hydrogen-bond acceptors (Lipinski definition) is 2. The minimum Gasteiger partial charge on any atom is -0.555 e. The number of rotatable bonds is 1. The van der Waals surface area contributed by atoms with Crippen LogP contribution in [0.5, 0.6) is 0 Å². The van der Waals surface area contributed by atoms with Gasteiger partial charge in [0.1, 0.15) is 5.60 Å². The number of ether oxygens (including phenoxy) is 1. The first-order valence-electron chi connectivity index (χ1n) is 5.57. The van der Waals surface area contributed by atoms with Gasteiger partial charge in [-0.25, -0.2) is 17.6 Å². The van der Waals surface area contributed by atoms with Crippen LogP contribution in [0, 0.1) is 6.08 Å². The van der Waals surface area contributed by atoms with Crippen molar-refractivity contribution in [3.05, 3.63) is 11.6 Å². The molecular formula is C12H14F4IrNO-. The Kier molecular flexibility index (Phi) is 3.75. The zero-order valence-corrected chi connectivity index (χ0v) is 13.3. The van der Waals surface area contributed by atoms with Gasteiger partial charge < -0.3 is 9.73 Å². The third kappa shape index (κ3) is 2.72. The van der Waals surface area contributed by atoms with E-state index >= 15 is 0 Å². The zero-order valence-electron chi connectivity index (χ0n) is 10.9. The van der Waals surface area contributed by atoms with Gasteiger partial charge in [0.25, 0.3) is 0 Å². The van der Waals surface area contributed by atoms with Gasteiger partial charge in [-0.05, 0) is 27.7 Å². The molecule has 0 saturated carbocycles. The Morgan fingerprint density at radius 3 is 1.95 bits per heavy atom. The van der Waals surface area contributed by atoms with E-state index in [0.717, 1.165) is 0 Å². The summed E-state index contributed by atoms with van der Waals surface area (Å²) in [4.78, 5) is 4.00. The number of nitrogens with zero attached hydrogens (tertiary/aromatic N) is 1. The molecule has 0 atom stereocenters. The summed E-state index contributed by atoms with van der Waals surface area (Å²) in [6, 6.07) is 0. The van der Waals surface area contributed by atoms with Crippen molar-refractivity contribution in [3.63, 3.8) is 0 Å². The quantitative estimate of drug-likeness (QED) is 0.438. The van der Waals surface area contributed by atoms with Crippen LogP contribution in [0.1, 0.15) is 34.1 Å². The van der Waals surface area contributed by atoms with Gasteiger partial charge in [0.05, 0.1) is 17.9 Å². The fourth-order valence-electron chi connectivity index (χ4n) is 1.78. The standard InChI is InChI=1S/C12H14F4NO.Ir/c1-9(2)10(3,4)18-8(17-9)7-5-11(13,14)6-12(7,15)16;/h6H2,1-4H3;/q-1;. The van der Waals surface area contributed by atoms with Gasteiger partial charge in [0.2, 0.25) is 11.8 Å². The molecule has 1 aliphatic heterocycles. The van der Waals surface area contributed by atoms with Crippen molar-refractivity contribution in [1.82, 2.24) is 0 Å². The molecule has 0 fully saturated rings. The Hall–Kier alpha value is -0.421. The summed E-state index contributed by atoms with van der Waals surface area (Å²) in [5.74, 6) is -7.72. The van der Waals surface area contributed by atoms with Crippen molar-refractivity contribution < 1.29 is 42.4 Å². The van der Waals surface area contributed by atoms with Crippen molar-refractivity contribution in [2.24, 2.45) is 4.99 Å². The van der Waals surface area contributed by atoms with E-state index in [9.17, 15) is 17.6 Å². The maximum absolute atomic E-state index is 13.5. The van der Waals surface area contributed by atoms with Gasteiger partial charge in [-0.1, -0.05) is 5.57 Å². The van der Waals surface area contributed by atoms with Gasteiger partial charge in [0, 0.05) is 20.1 Å². The smallest absolute Gasteiger partial charge is 0.250 e. The normalized spacial score (nSPS) is 29.1. The first-order valence-corrected chi connectivity index (χ1v) is 5.57. The van der Waals surface area contributed by atoms with Gasteiger partial charge in [-0.15, -0.1) is 0 Å². The molecular weight excluding hydrogens is 442 g/mol. The van der Waals surface area contributed by atoms with Gasteiger partial charge in [0.15, 0.2) is 0 Å². The predicted molar refractivity (Wildman–Crippen MR) is 57.9 cm³/mol. The molecule has 7 heteroatoms. The molecule has 0 spiro atoms. The fourth-order valence-corrected chi connectivity index (χ4v) is 1.78. The molecule has 0 aromatic rings. The Balaban J connectivity index is 0.00000180. The second-order valence-electron chi connectivity index (χ2n) is 5.67. The topological polar surface area (TPSA) is 21.6 Å². The van der Waals surface area contributed by atoms with E-state index in [1.807, 2.05) is 0 Å². The predicted octanol–water partition coefficient (Wildman–Crippen LogP) is 3.37. The number of hydrogen-bond donors (Lipinski definition) is 0. The van der Waals surface area contributed by atoms with Crippen LogP contribution in [0.3, 0.4) is 0 Å². The summed E-state index contributed by atoms with van der Waals surface area (Å²) >= 11 is 0. The van der Waals surface area contributed by atoms with E-state index in [0.29, 0.717) is 0 Å². The van der Waals surface area contributed by atoms with Crippen molar-refractivity contribution >= 4 is 5.90 Å². The van der Waals surface area contributed by atoms with E-state index < -0.39 is 40.9 Å². The number of aliphatic imine (C=N–C) groups is 1. The molecule has 0 bridgehead atoms. The van der Waals surface area contributed by atoms with E-state index in [2.05, 4.69) is 4.99 Å². The van der Waals surface area contributed by atoms with Crippen LogP contribution in [0.2, 0.25) is 0 Å². The maximum atomic E-state index is 13.5. The Labute approximate surface area is 122 Å². The summed E-state index contributed by atoms with van der Waals surface area (Å²) in [5.41, 5.74) is -2.51. The molecule has 19 heavy (non-hydrogen) atoms. The molecule has 1 heterocycles. The molecule has 2 nitrogen and oxygen atoms in total. The van der Waals surface area contributed by atoms with Gasteiger partial charge >= 0.3 is 0 Å². The minimum absolute atomic E-state index is 0. The molecule has 2 aliphatic rings. The molecule has 0 amide bonds.